The molecule has 0 bridgehead atoms. The van der Waals surface area contributed by atoms with Crippen molar-refractivity contribution >= 4 is 44.8 Å². The van der Waals surface area contributed by atoms with Gasteiger partial charge < -0.3 is 15.0 Å². The smallest absolute Gasteiger partial charge is 0.271 e. The Labute approximate surface area is 262 Å². The summed E-state index contributed by atoms with van der Waals surface area (Å²) in [6.45, 7) is -0.749. The van der Waals surface area contributed by atoms with Crippen LogP contribution >= 0.6 is 11.6 Å². The van der Waals surface area contributed by atoms with Crippen molar-refractivity contribution < 1.29 is 27.7 Å². The van der Waals surface area contributed by atoms with Crippen LogP contribution in [0.1, 0.15) is 36.8 Å². The number of benzene rings is 3. The average molecular weight is 643 g/mol. The van der Waals surface area contributed by atoms with Gasteiger partial charge in [-0.1, -0.05) is 66.9 Å². The minimum atomic E-state index is -4.16. The van der Waals surface area contributed by atoms with Crippen LogP contribution in [0.25, 0.3) is 0 Å². The van der Waals surface area contributed by atoms with Crippen LogP contribution in [0.3, 0.4) is 0 Å². The summed E-state index contributed by atoms with van der Waals surface area (Å²) in [5.74, 6) is -0.999. The second-order valence-electron chi connectivity index (χ2n) is 10.7. The van der Waals surface area contributed by atoms with Gasteiger partial charge in [0, 0.05) is 36.2 Å². The number of methoxy groups -OCH3 is 1. The van der Waals surface area contributed by atoms with Gasteiger partial charge in [0.1, 0.15) is 24.0 Å². The summed E-state index contributed by atoms with van der Waals surface area (Å²) in [4.78, 5) is 40.4. The van der Waals surface area contributed by atoms with Gasteiger partial charge in [-0.3, -0.25) is 24.0 Å². The Morgan fingerprint density at radius 2 is 1.70 bits per heavy atom. The first-order valence-corrected chi connectivity index (χ1v) is 16.4. The number of halogens is 1. The van der Waals surface area contributed by atoms with Crippen molar-refractivity contribution in [1.82, 2.24) is 10.2 Å². The molecule has 1 N–H and O–H groups in total. The molecule has 0 aliphatic heterocycles. The van der Waals surface area contributed by atoms with Crippen LogP contribution < -0.4 is 14.4 Å². The lowest BCUT2D eigenvalue weighted by Gasteiger charge is -2.34. The number of amides is 2. The molecule has 4 rings (SSSR count). The molecule has 0 saturated heterocycles. The molecule has 0 unspecified atom stereocenters. The van der Waals surface area contributed by atoms with Gasteiger partial charge in [-0.25, -0.2) is 8.42 Å². The van der Waals surface area contributed by atoms with Crippen molar-refractivity contribution in [3.63, 3.8) is 0 Å². The molecule has 0 heterocycles. The minimum absolute atomic E-state index is 0.0186. The Morgan fingerprint density at radius 3 is 2.30 bits per heavy atom. The SMILES string of the molecule is COc1ccc([N+](=O)[O-])cc1N(CC(=O)N(Cc1ccc(Cl)cc1)[C@@H](Cc1ccccc1)C(=O)NC1CCCC1)S(C)(=O)=O. The summed E-state index contributed by atoms with van der Waals surface area (Å²) in [6, 6.07) is 18.5. The van der Waals surface area contributed by atoms with E-state index in [0.29, 0.717) is 10.6 Å². The lowest BCUT2D eigenvalue weighted by Crippen LogP contribution is -2.54. The first-order valence-electron chi connectivity index (χ1n) is 14.1. The first-order chi connectivity index (χ1) is 21.0. The van der Waals surface area contributed by atoms with E-state index in [1.807, 2.05) is 30.3 Å². The number of sulfonamides is 1. The van der Waals surface area contributed by atoms with Crippen LogP contribution in [0, 0.1) is 10.1 Å². The van der Waals surface area contributed by atoms with E-state index in [2.05, 4.69) is 5.32 Å². The number of anilines is 1. The van der Waals surface area contributed by atoms with E-state index in [0.717, 1.165) is 47.9 Å². The third kappa shape index (κ3) is 8.48. The van der Waals surface area contributed by atoms with E-state index >= 15 is 0 Å². The van der Waals surface area contributed by atoms with Crippen LogP contribution in [0.2, 0.25) is 5.02 Å². The number of carbonyl (C=O) groups excluding carboxylic acids is 2. The van der Waals surface area contributed by atoms with E-state index in [1.165, 1.54) is 24.1 Å². The van der Waals surface area contributed by atoms with Gasteiger partial charge in [-0.2, -0.15) is 0 Å². The highest BCUT2D eigenvalue weighted by Crippen LogP contribution is 2.34. The van der Waals surface area contributed by atoms with E-state index in [1.54, 1.807) is 24.3 Å². The molecule has 234 valence electrons. The normalized spacial score (nSPS) is 14.1. The Hall–Kier alpha value is -4.16. The molecule has 1 saturated carbocycles. The molecular weight excluding hydrogens is 608 g/mol. The quantitative estimate of drug-likeness (QED) is 0.210. The van der Waals surface area contributed by atoms with Crippen LogP contribution in [-0.4, -0.2) is 62.0 Å². The Morgan fingerprint density at radius 1 is 1.05 bits per heavy atom. The molecule has 1 fully saturated rings. The standard InChI is InChI=1S/C31H35ClN4O7S/c1-43-29-17-16-26(36(39)40)19-27(29)35(44(2,41)42)21-30(37)34(20-23-12-14-24(32)15-13-23)28(18-22-8-4-3-5-9-22)31(38)33-25-10-6-7-11-25/h3-5,8-9,12-17,19,25,28H,6-7,10-11,18,20-21H2,1-2H3,(H,33,38)/t28-/m0/s1. The van der Waals surface area contributed by atoms with E-state index in [9.17, 15) is 28.1 Å². The summed E-state index contributed by atoms with van der Waals surface area (Å²) in [5, 5.41) is 15.1. The van der Waals surface area contributed by atoms with Gasteiger partial charge in [-0.05, 0) is 42.2 Å². The number of nitro benzene ring substituents is 1. The van der Waals surface area contributed by atoms with E-state index in [-0.39, 0.29) is 42.0 Å². The zero-order chi connectivity index (χ0) is 31.9. The van der Waals surface area contributed by atoms with Gasteiger partial charge >= 0.3 is 0 Å². The number of ether oxygens (including phenoxy) is 1. The van der Waals surface area contributed by atoms with Crippen molar-refractivity contribution in [2.45, 2.75) is 50.7 Å². The number of hydrogen-bond donors (Lipinski definition) is 1. The van der Waals surface area contributed by atoms with Gasteiger partial charge in [-0.15, -0.1) is 0 Å². The lowest BCUT2D eigenvalue weighted by molar-refractivity contribution is -0.384. The van der Waals surface area contributed by atoms with E-state index < -0.39 is 33.4 Å². The number of carbonyl (C=O) groups is 2. The minimum Gasteiger partial charge on any atom is -0.495 e. The van der Waals surface area contributed by atoms with Crippen molar-refractivity contribution in [2.24, 2.45) is 0 Å². The van der Waals surface area contributed by atoms with Crippen LogP contribution in [-0.2, 0) is 32.6 Å². The highest BCUT2D eigenvalue weighted by molar-refractivity contribution is 7.92. The second-order valence-corrected chi connectivity index (χ2v) is 13.1. The number of nitro groups is 1. The summed E-state index contributed by atoms with van der Waals surface area (Å²) >= 11 is 6.10. The highest BCUT2D eigenvalue weighted by Gasteiger charge is 2.35. The molecular formula is C31H35ClN4O7S. The van der Waals surface area contributed by atoms with Crippen molar-refractivity contribution in [2.75, 3.05) is 24.2 Å². The second kappa shape index (κ2) is 14.5. The number of rotatable bonds is 13. The molecule has 1 aliphatic rings. The largest absolute Gasteiger partial charge is 0.495 e. The van der Waals surface area contributed by atoms with Gasteiger partial charge in [0.05, 0.1) is 18.3 Å². The zero-order valence-corrected chi connectivity index (χ0v) is 26.1. The Kier molecular flexibility index (Phi) is 10.8. The molecule has 1 aliphatic carbocycles. The number of nitrogens with one attached hydrogen (secondary N) is 1. The molecule has 0 aromatic heterocycles. The lowest BCUT2D eigenvalue weighted by atomic mass is 10.0. The predicted octanol–water partition coefficient (Wildman–Crippen LogP) is 4.72. The molecule has 1 atom stereocenters. The molecule has 3 aromatic carbocycles. The maximum absolute atomic E-state index is 14.3. The topological polar surface area (TPSA) is 139 Å². The molecule has 3 aromatic rings. The van der Waals surface area contributed by atoms with Crippen LogP contribution in [0.15, 0.2) is 72.8 Å². The third-order valence-corrected chi connectivity index (χ3v) is 8.94. The zero-order valence-electron chi connectivity index (χ0n) is 24.5. The van der Waals surface area contributed by atoms with Gasteiger partial charge in [0.2, 0.25) is 21.8 Å². The Balaban J connectivity index is 1.77. The molecule has 11 nitrogen and oxygen atoms in total. The number of hydrogen-bond acceptors (Lipinski definition) is 7. The molecule has 0 radical (unpaired) electrons. The fourth-order valence-corrected chi connectivity index (χ4v) is 6.26. The summed E-state index contributed by atoms with van der Waals surface area (Å²) < 4.78 is 32.3. The van der Waals surface area contributed by atoms with Gasteiger partial charge in [0.25, 0.3) is 5.69 Å². The summed E-state index contributed by atoms with van der Waals surface area (Å²) in [7, 11) is -2.86. The fourth-order valence-electron chi connectivity index (χ4n) is 5.29. The highest BCUT2D eigenvalue weighted by atomic mass is 35.5. The summed E-state index contributed by atoms with van der Waals surface area (Å²) in [5.41, 5.74) is 0.943. The fraction of sp³-hybridized carbons (Fsp3) is 0.355. The van der Waals surface area contributed by atoms with Crippen LogP contribution in [0.4, 0.5) is 11.4 Å². The van der Waals surface area contributed by atoms with E-state index in [4.69, 9.17) is 16.3 Å². The third-order valence-electron chi connectivity index (χ3n) is 7.56. The molecule has 44 heavy (non-hydrogen) atoms. The van der Waals surface area contributed by atoms with Crippen LogP contribution in [0.5, 0.6) is 5.75 Å². The predicted molar refractivity (Wildman–Crippen MR) is 168 cm³/mol. The average Bonchev–Trinajstić information content (AvgIpc) is 3.51. The molecule has 2 amide bonds. The van der Waals surface area contributed by atoms with Crippen molar-refractivity contribution in [1.29, 1.82) is 0 Å². The Bertz CT molecular complexity index is 1580. The maximum Gasteiger partial charge on any atom is 0.271 e. The molecule has 13 heteroatoms. The van der Waals surface area contributed by atoms with Gasteiger partial charge in [0.15, 0.2) is 0 Å². The monoisotopic (exact) mass is 642 g/mol. The van der Waals surface area contributed by atoms with Crippen molar-refractivity contribution in [3.05, 3.63) is 99.1 Å². The molecule has 0 spiro atoms. The maximum atomic E-state index is 14.3. The number of nitrogens with zero attached hydrogens (tertiary/aromatic N) is 3. The summed E-state index contributed by atoms with van der Waals surface area (Å²) in [6.07, 6.45) is 4.74. The first kappa shape index (κ1) is 32.7. The number of non-ortho nitro benzene ring substituents is 1. The van der Waals surface area contributed by atoms with Crippen molar-refractivity contribution in [3.8, 4) is 5.75 Å².